The maximum Gasteiger partial charge on any atom is 0.342 e. The van der Waals surface area contributed by atoms with Crippen molar-refractivity contribution in [1.29, 1.82) is 0 Å². The van der Waals surface area contributed by atoms with Crippen molar-refractivity contribution in [3.05, 3.63) is 11.1 Å². The quantitative estimate of drug-likeness (QED) is 0.371. The van der Waals surface area contributed by atoms with Crippen molar-refractivity contribution < 1.29 is 43.2 Å². The molecule has 0 radical (unpaired) electrons. The van der Waals surface area contributed by atoms with E-state index in [0.717, 1.165) is 0 Å². The lowest BCUT2D eigenvalue weighted by Crippen LogP contribution is -2.57. The van der Waals surface area contributed by atoms with Gasteiger partial charge in [-0.2, -0.15) is 0 Å². The summed E-state index contributed by atoms with van der Waals surface area (Å²) in [5.74, 6) is -4.24. The van der Waals surface area contributed by atoms with E-state index in [1.807, 2.05) is 0 Å². The van der Waals surface area contributed by atoms with Crippen LogP contribution in [0.5, 0.6) is 0 Å². The number of ether oxygens (including phenoxy) is 5. The van der Waals surface area contributed by atoms with Gasteiger partial charge >= 0.3 is 17.9 Å². The highest BCUT2D eigenvalue weighted by Crippen LogP contribution is 2.60. The lowest BCUT2D eigenvalue weighted by atomic mass is 9.81. The fraction of sp³-hybridized carbons (Fsp3) is 0.706. The van der Waals surface area contributed by atoms with Crippen LogP contribution in [0.4, 0.5) is 0 Å². The molecule has 4 aliphatic heterocycles. The minimum Gasteiger partial charge on any atom is -0.452 e. The van der Waals surface area contributed by atoms with E-state index in [1.165, 1.54) is 13.8 Å². The first-order valence-corrected chi connectivity index (χ1v) is 8.54. The van der Waals surface area contributed by atoms with E-state index < -0.39 is 53.2 Å². The standard InChI is InChI=1S/C17H18O9/c1-6-9-10-11-16(25-11,14(20)23-10)5-4-8-15(3,24-8)13(22-7(2)18)17(9,21)26-12(6)19/h8,10-11,13,21H,4-5H2,1-3H3/t8-,10+,11-,13+,15+,16-,17-/m0/s1. The molecule has 0 aromatic carbocycles. The van der Waals surface area contributed by atoms with Gasteiger partial charge in [0.2, 0.25) is 6.10 Å². The van der Waals surface area contributed by atoms with E-state index in [2.05, 4.69) is 0 Å². The predicted octanol–water partition coefficient (Wildman–Crippen LogP) is -0.506. The number of hydrogen-bond donors (Lipinski definition) is 1. The summed E-state index contributed by atoms with van der Waals surface area (Å²) in [6, 6.07) is 0. The van der Waals surface area contributed by atoms with E-state index in [1.54, 1.807) is 6.92 Å². The van der Waals surface area contributed by atoms with Crippen molar-refractivity contribution in [2.24, 2.45) is 0 Å². The second-order valence-corrected chi connectivity index (χ2v) is 7.70. The third-order valence-electron chi connectivity index (χ3n) is 6.14. The summed E-state index contributed by atoms with van der Waals surface area (Å²) in [6.45, 7) is 4.34. The predicted molar refractivity (Wildman–Crippen MR) is 79.3 cm³/mol. The monoisotopic (exact) mass is 366 g/mol. The summed E-state index contributed by atoms with van der Waals surface area (Å²) in [7, 11) is 0. The molecule has 4 fully saturated rings. The fourth-order valence-corrected chi connectivity index (χ4v) is 4.66. The van der Waals surface area contributed by atoms with Crippen LogP contribution in [0.25, 0.3) is 0 Å². The van der Waals surface area contributed by atoms with Gasteiger partial charge in [-0.05, 0) is 26.7 Å². The van der Waals surface area contributed by atoms with Crippen LogP contribution in [0.3, 0.4) is 0 Å². The van der Waals surface area contributed by atoms with Crippen molar-refractivity contribution >= 4 is 17.9 Å². The summed E-state index contributed by atoms with van der Waals surface area (Å²) in [4.78, 5) is 36.3. The van der Waals surface area contributed by atoms with Crippen molar-refractivity contribution in [3.8, 4) is 0 Å². The molecule has 3 saturated heterocycles. The number of carbonyl (C=O) groups excluding carboxylic acids is 3. The highest BCUT2D eigenvalue weighted by atomic mass is 16.7. The third kappa shape index (κ3) is 1.73. The summed E-state index contributed by atoms with van der Waals surface area (Å²) < 4.78 is 27.5. The van der Waals surface area contributed by atoms with Crippen LogP contribution in [0.2, 0.25) is 0 Å². The largest absolute Gasteiger partial charge is 0.452 e. The summed E-state index contributed by atoms with van der Waals surface area (Å²) in [5.41, 5.74) is -1.96. The van der Waals surface area contributed by atoms with Crippen molar-refractivity contribution in [1.82, 2.24) is 0 Å². The lowest BCUT2D eigenvalue weighted by Gasteiger charge is -2.36. The molecule has 9 nitrogen and oxygen atoms in total. The molecular weight excluding hydrogens is 348 g/mol. The Morgan fingerprint density at radius 1 is 1.31 bits per heavy atom. The Morgan fingerprint density at radius 3 is 2.69 bits per heavy atom. The number of fused-ring (bicyclic) bond motifs is 3. The van der Waals surface area contributed by atoms with Crippen LogP contribution >= 0.6 is 0 Å². The van der Waals surface area contributed by atoms with Gasteiger partial charge in [-0.1, -0.05) is 0 Å². The van der Waals surface area contributed by atoms with E-state index in [9.17, 15) is 19.5 Å². The van der Waals surface area contributed by atoms with Gasteiger partial charge in [0.05, 0.1) is 11.7 Å². The number of hydrogen-bond acceptors (Lipinski definition) is 9. The first-order chi connectivity index (χ1) is 12.1. The van der Waals surface area contributed by atoms with E-state index in [4.69, 9.17) is 23.7 Å². The smallest absolute Gasteiger partial charge is 0.342 e. The average Bonchev–Trinajstić information content (AvgIpc) is 3.39. The van der Waals surface area contributed by atoms with E-state index in [0.29, 0.717) is 12.8 Å². The molecule has 26 heavy (non-hydrogen) atoms. The average molecular weight is 366 g/mol. The molecule has 5 aliphatic rings. The molecule has 0 aromatic rings. The van der Waals surface area contributed by atoms with Gasteiger partial charge in [0.1, 0.15) is 11.7 Å². The maximum absolute atomic E-state index is 12.4. The van der Waals surface area contributed by atoms with E-state index in [-0.39, 0.29) is 17.3 Å². The summed E-state index contributed by atoms with van der Waals surface area (Å²) >= 11 is 0. The SMILES string of the molecule is CC(=O)O[C@@H]1[C@]2(C)O[C@H]2CC[C@]23O[C@H]2[C@H](OC3=O)C2=C(C)C(=O)O[C@@]21O. The zero-order chi connectivity index (χ0) is 18.6. The first kappa shape index (κ1) is 16.2. The Morgan fingerprint density at radius 2 is 2.04 bits per heavy atom. The molecular formula is C17H18O9. The zero-order valence-corrected chi connectivity index (χ0v) is 14.4. The Balaban J connectivity index is 1.68. The van der Waals surface area contributed by atoms with Gasteiger partial charge in [-0.25, -0.2) is 9.59 Å². The van der Waals surface area contributed by atoms with Crippen LogP contribution in [0.15, 0.2) is 11.1 Å². The molecule has 1 saturated carbocycles. The Labute approximate surface area is 148 Å². The highest BCUT2D eigenvalue weighted by molar-refractivity contribution is 5.94. The Bertz CT molecular complexity index is 802. The second kappa shape index (κ2) is 4.47. The first-order valence-electron chi connectivity index (χ1n) is 8.54. The minimum absolute atomic E-state index is 0.0591. The number of aliphatic hydroxyl groups is 1. The molecule has 7 atom stereocenters. The van der Waals surface area contributed by atoms with Crippen molar-refractivity contribution in [2.45, 2.75) is 75.0 Å². The van der Waals surface area contributed by atoms with Crippen molar-refractivity contribution in [3.63, 3.8) is 0 Å². The second-order valence-electron chi connectivity index (χ2n) is 7.70. The molecule has 2 bridgehead atoms. The number of rotatable bonds is 1. The summed E-state index contributed by atoms with van der Waals surface area (Å²) in [5, 5.41) is 11.4. The molecule has 0 unspecified atom stereocenters. The molecule has 4 heterocycles. The van der Waals surface area contributed by atoms with Gasteiger partial charge in [0.25, 0.3) is 5.79 Å². The molecule has 9 heteroatoms. The topological polar surface area (TPSA) is 124 Å². The van der Waals surface area contributed by atoms with Crippen LogP contribution in [-0.4, -0.2) is 64.4 Å². The summed E-state index contributed by atoms with van der Waals surface area (Å²) in [6.07, 6.45) is -2.42. The normalized spacial score (nSPS) is 50.9. The Kier molecular flexibility index (Phi) is 2.79. The van der Waals surface area contributed by atoms with Crippen LogP contribution < -0.4 is 0 Å². The third-order valence-corrected chi connectivity index (χ3v) is 6.14. The highest BCUT2D eigenvalue weighted by Gasteiger charge is 2.79. The van der Waals surface area contributed by atoms with Gasteiger partial charge in [0, 0.05) is 12.5 Å². The molecule has 5 rings (SSSR count). The molecule has 140 valence electrons. The van der Waals surface area contributed by atoms with Crippen LogP contribution in [-0.2, 0) is 38.1 Å². The van der Waals surface area contributed by atoms with Gasteiger partial charge in [0.15, 0.2) is 11.7 Å². The van der Waals surface area contributed by atoms with E-state index >= 15 is 0 Å². The minimum atomic E-state index is -2.29. The van der Waals surface area contributed by atoms with Crippen molar-refractivity contribution in [2.75, 3.05) is 0 Å². The number of epoxide rings is 2. The molecule has 1 aliphatic carbocycles. The fourth-order valence-electron chi connectivity index (χ4n) is 4.66. The van der Waals surface area contributed by atoms with Gasteiger partial charge in [-0.15, -0.1) is 0 Å². The maximum atomic E-state index is 12.4. The Hall–Kier alpha value is -1.97. The number of esters is 3. The zero-order valence-electron chi connectivity index (χ0n) is 14.4. The molecule has 1 N–H and O–H groups in total. The molecule has 0 aromatic heterocycles. The van der Waals surface area contributed by atoms with Crippen LogP contribution in [0.1, 0.15) is 33.6 Å². The molecule has 0 spiro atoms. The van der Waals surface area contributed by atoms with Gasteiger partial charge < -0.3 is 28.8 Å². The number of carbonyl (C=O) groups is 3. The molecule has 0 amide bonds. The van der Waals surface area contributed by atoms with Crippen LogP contribution in [0, 0.1) is 0 Å². The lowest BCUT2D eigenvalue weighted by molar-refractivity contribution is -0.240. The van der Waals surface area contributed by atoms with Gasteiger partial charge in [-0.3, -0.25) is 4.79 Å².